The molecule has 32 heavy (non-hydrogen) atoms. The summed E-state index contributed by atoms with van der Waals surface area (Å²) in [5.74, 6) is -0.551. The molecule has 0 aromatic carbocycles. The summed E-state index contributed by atoms with van der Waals surface area (Å²) in [6.45, 7) is 5.23. The standard InChI is InChI=1S/C25H34O7/c1-14-9-16-17-6-8-25(21(29)12-26,32-22(30)13-31-4)23(17,2)7-5-18(16)24(3)19(14)10-15(27)11-20(24)28/h10-11,14,16-18,26,28H,5-9,12-13H2,1-4H3/t14?,16-,17-,18-,23-,24+,25-/m0/s1. The summed E-state index contributed by atoms with van der Waals surface area (Å²) in [6.07, 6.45) is 6.32. The summed E-state index contributed by atoms with van der Waals surface area (Å²) in [6, 6.07) is 0. The molecule has 4 rings (SSSR count). The third-order valence-corrected chi connectivity index (χ3v) is 9.31. The molecule has 3 saturated carbocycles. The first-order valence-electron chi connectivity index (χ1n) is 11.6. The van der Waals surface area contributed by atoms with E-state index in [1.807, 2.05) is 13.8 Å². The quantitative estimate of drug-likeness (QED) is 0.625. The Balaban J connectivity index is 1.74. The van der Waals surface area contributed by atoms with Gasteiger partial charge in [-0.1, -0.05) is 13.8 Å². The molecule has 0 aliphatic heterocycles. The Morgan fingerprint density at radius 1 is 1.16 bits per heavy atom. The molecule has 0 saturated heterocycles. The van der Waals surface area contributed by atoms with Crippen molar-refractivity contribution in [1.29, 1.82) is 0 Å². The number of fused-ring (bicyclic) bond motifs is 5. The lowest BCUT2D eigenvalue weighted by molar-refractivity contribution is -0.194. The molecule has 7 nitrogen and oxygen atoms in total. The molecule has 7 heteroatoms. The van der Waals surface area contributed by atoms with E-state index < -0.39 is 34.8 Å². The number of ketones is 2. The molecule has 3 fully saturated rings. The third kappa shape index (κ3) is 2.97. The monoisotopic (exact) mass is 446 g/mol. The van der Waals surface area contributed by atoms with Gasteiger partial charge in [-0.2, -0.15) is 0 Å². The van der Waals surface area contributed by atoms with Gasteiger partial charge in [0.1, 0.15) is 19.0 Å². The first-order valence-corrected chi connectivity index (χ1v) is 11.6. The normalized spacial score (nSPS) is 42.8. The fourth-order valence-corrected chi connectivity index (χ4v) is 7.85. The van der Waals surface area contributed by atoms with E-state index in [0.29, 0.717) is 19.3 Å². The minimum absolute atomic E-state index is 0.0957. The van der Waals surface area contributed by atoms with Crippen LogP contribution in [0.1, 0.15) is 52.9 Å². The van der Waals surface area contributed by atoms with Crippen molar-refractivity contribution < 1.29 is 34.1 Å². The molecule has 4 aliphatic rings. The van der Waals surface area contributed by atoms with E-state index in [2.05, 4.69) is 6.92 Å². The number of rotatable bonds is 5. The van der Waals surface area contributed by atoms with Gasteiger partial charge in [0.15, 0.2) is 11.4 Å². The highest BCUT2D eigenvalue weighted by Gasteiger charge is 2.69. The molecule has 0 radical (unpaired) electrons. The Morgan fingerprint density at radius 3 is 2.50 bits per heavy atom. The second kappa shape index (κ2) is 7.80. The largest absolute Gasteiger partial charge is 0.511 e. The van der Waals surface area contributed by atoms with Gasteiger partial charge in [0, 0.05) is 24.0 Å². The van der Waals surface area contributed by atoms with Crippen molar-refractivity contribution >= 4 is 17.5 Å². The summed E-state index contributed by atoms with van der Waals surface area (Å²) in [7, 11) is 1.40. The van der Waals surface area contributed by atoms with Crippen LogP contribution >= 0.6 is 0 Å². The lowest BCUT2D eigenvalue weighted by atomic mass is 9.45. The lowest BCUT2D eigenvalue weighted by Gasteiger charge is -2.59. The van der Waals surface area contributed by atoms with Crippen LogP contribution in [0.2, 0.25) is 0 Å². The van der Waals surface area contributed by atoms with Gasteiger partial charge in [-0.3, -0.25) is 9.59 Å². The number of esters is 1. The topological polar surface area (TPSA) is 110 Å². The van der Waals surface area contributed by atoms with Gasteiger partial charge in [0.05, 0.1) is 0 Å². The van der Waals surface area contributed by atoms with Crippen molar-refractivity contribution in [2.24, 2.45) is 34.5 Å². The summed E-state index contributed by atoms with van der Waals surface area (Å²) in [4.78, 5) is 37.6. The fourth-order valence-electron chi connectivity index (χ4n) is 7.85. The highest BCUT2D eigenvalue weighted by Crippen LogP contribution is 2.69. The molecule has 0 spiro atoms. The number of carbonyl (C=O) groups excluding carboxylic acids is 3. The zero-order valence-electron chi connectivity index (χ0n) is 19.3. The van der Waals surface area contributed by atoms with Crippen molar-refractivity contribution in [3.8, 4) is 0 Å². The Kier molecular flexibility index (Phi) is 5.65. The second-order valence-corrected chi connectivity index (χ2v) is 10.6. The van der Waals surface area contributed by atoms with Gasteiger partial charge >= 0.3 is 5.97 Å². The Labute approximate surface area is 188 Å². The number of hydrogen-bond donors (Lipinski definition) is 2. The zero-order chi connectivity index (χ0) is 23.5. The molecule has 176 valence electrons. The minimum atomic E-state index is -1.37. The zero-order valence-corrected chi connectivity index (χ0v) is 19.3. The van der Waals surface area contributed by atoms with Crippen molar-refractivity contribution in [2.45, 2.75) is 58.5 Å². The Hall–Kier alpha value is -1.99. The van der Waals surface area contributed by atoms with Crippen molar-refractivity contribution in [3.63, 3.8) is 0 Å². The number of hydrogen-bond acceptors (Lipinski definition) is 7. The molecule has 2 N–H and O–H groups in total. The number of aliphatic hydroxyl groups excluding tert-OH is 2. The van der Waals surface area contributed by atoms with E-state index in [-0.39, 0.29) is 41.8 Å². The van der Waals surface area contributed by atoms with E-state index in [1.54, 1.807) is 6.08 Å². The molecule has 0 aromatic rings. The number of allylic oxidation sites excluding steroid dienone is 3. The number of carbonyl (C=O) groups is 3. The maximum absolute atomic E-state index is 13.1. The Morgan fingerprint density at radius 2 is 1.84 bits per heavy atom. The average Bonchev–Trinajstić information content (AvgIpc) is 3.03. The van der Waals surface area contributed by atoms with Crippen LogP contribution in [0.25, 0.3) is 0 Å². The minimum Gasteiger partial charge on any atom is -0.511 e. The van der Waals surface area contributed by atoms with Crippen LogP contribution in [-0.2, 0) is 23.9 Å². The van der Waals surface area contributed by atoms with Gasteiger partial charge in [-0.05, 0) is 74.3 Å². The molecule has 0 aromatic heterocycles. The van der Waals surface area contributed by atoms with Crippen LogP contribution in [0.5, 0.6) is 0 Å². The number of aliphatic hydroxyl groups is 2. The third-order valence-electron chi connectivity index (χ3n) is 9.31. The van der Waals surface area contributed by atoms with E-state index >= 15 is 0 Å². The molecule has 0 bridgehead atoms. The van der Waals surface area contributed by atoms with Crippen LogP contribution in [0.4, 0.5) is 0 Å². The van der Waals surface area contributed by atoms with Crippen molar-refractivity contribution in [1.82, 2.24) is 0 Å². The number of ether oxygens (including phenoxy) is 2. The Bertz CT molecular complexity index is 904. The molecule has 0 heterocycles. The lowest BCUT2D eigenvalue weighted by Crippen LogP contribution is -2.60. The van der Waals surface area contributed by atoms with Crippen LogP contribution in [-0.4, -0.2) is 53.7 Å². The van der Waals surface area contributed by atoms with Crippen LogP contribution < -0.4 is 0 Å². The van der Waals surface area contributed by atoms with Crippen molar-refractivity contribution in [3.05, 3.63) is 23.5 Å². The molecular formula is C25H34O7. The summed E-state index contributed by atoms with van der Waals surface area (Å²) < 4.78 is 10.8. The molecular weight excluding hydrogens is 412 g/mol. The van der Waals surface area contributed by atoms with Gasteiger partial charge < -0.3 is 19.7 Å². The van der Waals surface area contributed by atoms with E-state index in [9.17, 15) is 24.6 Å². The SMILES string of the molecule is COCC(=O)O[C@]1(C(=O)CO)CC[C@H]2[C@@H]3CC(C)C4=CC(=O)C=C(O)[C@]4(C)[C@H]3CC[C@@]21C. The average molecular weight is 447 g/mol. The number of methoxy groups -OCH3 is 1. The smallest absolute Gasteiger partial charge is 0.333 e. The molecule has 4 aliphatic carbocycles. The van der Waals surface area contributed by atoms with Crippen LogP contribution in [0.15, 0.2) is 23.5 Å². The second-order valence-electron chi connectivity index (χ2n) is 10.6. The number of Topliss-reactive ketones (excluding diaryl/α,β-unsaturated/α-hetero) is 1. The van der Waals surface area contributed by atoms with Crippen molar-refractivity contribution in [2.75, 3.05) is 20.3 Å². The fraction of sp³-hybridized carbons (Fsp3) is 0.720. The predicted molar refractivity (Wildman–Crippen MR) is 116 cm³/mol. The van der Waals surface area contributed by atoms with Crippen LogP contribution in [0.3, 0.4) is 0 Å². The van der Waals surface area contributed by atoms with Gasteiger partial charge in [0.25, 0.3) is 0 Å². The maximum atomic E-state index is 13.1. The highest BCUT2D eigenvalue weighted by molar-refractivity contribution is 6.01. The first kappa shape index (κ1) is 23.2. The van der Waals surface area contributed by atoms with Crippen LogP contribution in [0, 0.1) is 34.5 Å². The maximum Gasteiger partial charge on any atom is 0.333 e. The van der Waals surface area contributed by atoms with Gasteiger partial charge in [-0.15, -0.1) is 0 Å². The molecule has 7 atom stereocenters. The highest BCUT2D eigenvalue weighted by atomic mass is 16.6. The molecule has 0 amide bonds. The molecule has 1 unspecified atom stereocenters. The summed E-state index contributed by atoms with van der Waals surface area (Å²) in [5, 5.41) is 20.7. The first-order chi connectivity index (χ1) is 15.0. The van der Waals surface area contributed by atoms with E-state index in [4.69, 9.17) is 9.47 Å². The summed E-state index contributed by atoms with van der Waals surface area (Å²) in [5.41, 5.74) is -1.59. The van der Waals surface area contributed by atoms with E-state index in [0.717, 1.165) is 18.4 Å². The van der Waals surface area contributed by atoms with Gasteiger partial charge in [-0.25, -0.2) is 4.79 Å². The van der Waals surface area contributed by atoms with Gasteiger partial charge in [0.2, 0.25) is 5.78 Å². The van der Waals surface area contributed by atoms with E-state index in [1.165, 1.54) is 13.2 Å². The summed E-state index contributed by atoms with van der Waals surface area (Å²) >= 11 is 0. The predicted octanol–water partition coefficient (Wildman–Crippen LogP) is 2.92.